The van der Waals surface area contributed by atoms with E-state index >= 15 is 0 Å². The largest absolute Gasteiger partial charge is 0.392 e. The molecule has 1 aromatic carbocycles. The summed E-state index contributed by atoms with van der Waals surface area (Å²) in [5, 5.41) is 22.0. The van der Waals surface area contributed by atoms with Gasteiger partial charge in [0.25, 0.3) is 6.43 Å². The molecule has 1 atom stereocenters. The number of carbonyl (C=O) groups excluding carboxylic acids is 1. The molecule has 0 saturated carbocycles. The molecule has 1 aliphatic rings. The van der Waals surface area contributed by atoms with Gasteiger partial charge in [0.05, 0.1) is 12.6 Å². The number of nitrogens with one attached hydrogen (secondary N) is 3. The first-order valence-corrected chi connectivity index (χ1v) is 11.7. The molecule has 4 aromatic rings. The van der Waals surface area contributed by atoms with Crippen molar-refractivity contribution in [1.82, 2.24) is 29.5 Å². The fourth-order valence-corrected chi connectivity index (χ4v) is 4.50. The van der Waals surface area contributed by atoms with E-state index in [1.54, 1.807) is 28.8 Å². The summed E-state index contributed by atoms with van der Waals surface area (Å²) in [7, 11) is 0. The molecule has 3 aromatic heterocycles. The Balaban J connectivity index is 1.26. The fourth-order valence-electron chi connectivity index (χ4n) is 3.74. The van der Waals surface area contributed by atoms with Gasteiger partial charge in [0.15, 0.2) is 11.0 Å². The summed E-state index contributed by atoms with van der Waals surface area (Å²) >= 11 is 1.32. The van der Waals surface area contributed by atoms with Gasteiger partial charge in [-0.15, -0.1) is 0 Å². The summed E-state index contributed by atoms with van der Waals surface area (Å²) in [5.74, 6) is 0.463. The van der Waals surface area contributed by atoms with Crippen molar-refractivity contribution in [2.24, 2.45) is 0 Å². The van der Waals surface area contributed by atoms with Crippen LogP contribution in [0, 0.1) is 0 Å². The topological polar surface area (TPSA) is 123 Å². The van der Waals surface area contributed by atoms with E-state index in [9.17, 15) is 18.7 Å². The van der Waals surface area contributed by atoms with Gasteiger partial charge in [0.1, 0.15) is 11.3 Å². The molecule has 4 heterocycles. The maximum Gasteiger partial charge on any atom is 0.279 e. The predicted octanol–water partition coefficient (Wildman–Crippen LogP) is 3.29. The van der Waals surface area contributed by atoms with Crippen LogP contribution in [0.1, 0.15) is 18.5 Å². The number of fused-ring (bicyclic) bond motifs is 1. The summed E-state index contributed by atoms with van der Waals surface area (Å²) in [6, 6.07) is 12.1. The number of aliphatic hydroxyl groups is 1. The number of carbonyl (C=O) groups is 1. The van der Waals surface area contributed by atoms with E-state index in [1.165, 1.54) is 17.8 Å². The average Bonchev–Trinajstić information content (AvgIpc) is 3.56. The minimum absolute atomic E-state index is 0.134. The lowest BCUT2D eigenvalue weighted by molar-refractivity contribution is -0.117. The molecule has 1 aliphatic heterocycles. The van der Waals surface area contributed by atoms with E-state index in [0.717, 1.165) is 4.90 Å². The second-order valence-corrected chi connectivity index (χ2v) is 9.09. The molecule has 182 valence electrons. The van der Waals surface area contributed by atoms with Gasteiger partial charge >= 0.3 is 0 Å². The Morgan fingerprint density at radius 2 is 2.09 bits per heavy atom. The fraction of sp³-hybridized carbons (Fsp3) is 0.273. The number of benzene rings is 1. The monoisotopic (exact) mass is 500 g/mol. The predicted molar refractivity (Wildman–Crippen MR) is 126 cm³/mol. The van der Waals surface area contributed by atoms with Gasteiger partial charge in [-0.05, 0) is 54.6 Å². The van der Waals surface area contributed by atoms with Gasteiger partial charge in [-0.1, -0.05) is 0 Å². The Morgan fingerprint density at radius 1 is 1.26 bits per heavy atom. The van der Waals surface area contributed by atoms with E-state index in [4.69, 9.17) is 0 Å². The molecule has 1 saturated heterocycles. The molecule has 13 heteroatoms. The Labute approximate surface area is 202 Å². The van der Waals surface area contributed by atoms with Crippen LogP contribution in [0.15, 0.2) is 58.7 Å². The lowest BCUT2D eigenvalue weighted by atomic mass is 10.3. The van der Waals surface area contributed by atoms with E-state index in [1.807, 2.05) is 23.1 Å². The third kappa shape index (κ3) is 5.58. The first-order valence-electron chi connectivity index (χ1n) is 10.9. The molecule has 5 rings (SSSR count). The maximum atomic E-state index is 12.9. The number of nitrogens with zero attached hydrogens (tertiary/aromatic N) is 5. The summed E-state index contributed by atoms with van der Waals surface area (Å²) in [4.78, 5) is 24.1. The molecule has 0 spiro atoms. The number of β-amino-alcohol motifs (C(OH)–C–C–N with tert-alkyl or cyclic N) is 1. The minimum atomic E-state index is -2.65. The highest BCUT2D eigenvalue weighted by Gasteiger charge is 2.22. The van der Waals surface area contributed by atoms with Gasteiger partial charge in [-0.25, -0.2) is 13.8 Å². The second kappa shape index (κ2) is 9.98. The van der Waals surface area contributed by atoms with Crippen molar-refractivity contribution in [3.63, 3.8) is 0 Å². The lowest BCUT2D eigenvalue weighted by Crippen LogP contribution is -2.32. The number of anilines is 3. The molecule has 0 bridgehead atoms. The zero-order valence-electron chi connectivity index (χ0n) is 18.4. The SMILES string of the molecule is O=C(CN1CCC(O)C1)Nc1ccc(Sc2nc(Nc3cc(C(F)F)[nH]n3)n3cccc3n2)cc1. The van der Waals surface area contributed by atoms with Crippen molar-refractivity contribution in [2.45, 2.75) is 29.0 Å². The number of hydrogen-bond acceptors (Lipinski definition) is 8. The van der Waals surface area contributed by atoms with Crippen molar-refractivity contribution in [3.8, 4) is 0 Å². The summed E-state index contributed by atoms with van der Waals surface area (Å²) in [6.07, 6.45) is -0.571. The van der Waals surface area contributed by atoms with E-state index in [-0.39, 0.29) is 30.1 Å². The van der Waals surface area contributed by atoms with Crippen molar-refractivity contribution >= 4 is 40.8 Å². The number of rotatable bonds is 8. The number of aliphatic hydroxyl groups excluding tert-OH is 1. The van der Waals surface area contributed by atoms with E-state index in [2.05, 4.69) is 30.8 Å². The Bertz CT molecular complexity index is 1330. The number of aromatic amines is 1. The highest BCUT2D eigenvalue weighted by Crippen LogP contribution is 2.28. The van der Waals surface area contributed by atoms with Gasteiger partial charge in [-0.2, -0.15) is 10.1 Å². The van der Waals surface area contributed by atoms with Crippen molar-refractivity contribution in [1.29, 1.82) is 0 Å². The first kappa shape index (κ1) is 23.2. The molecule has 4 N–H and O–H groups in total. The molecule has 10 nitrogen and oxygen atoms in total. The van der Waals surface area contributed by atoms with Crippen LogP contribution in [0.3, 0.4) is 0 Å². The standard InChI is InChI=1S/C22H22F2N8O2S/c23-20(24)16-10-17(30-29-16)26-21-28-22(27-18-2-1-8-32(18)21)35-15-5-3-13(4-6-15)25-19(34)12-31-9-7-14(33)11-31/h1-6,8,10,14,20,33H,7,9,11-12H2,(H,25,34)(H2,26,27,28,29,30). The molecular weight excluding hydrogens is 478 g/mol. The molecule has 0 radical (unpaired) electrons. The molecular formula is C22H22F2N8O2S. The van der Waals surface area contributed by atoms with Crippen LogP contribution in [0.25, 0.3) is 5.65 Å². The molecule has 0 aliphatic carbocycles. The van der Waals surface area contributed by atoms with Crippen molar-refractivity contribution in [3.05, 3.63) is 54.4 Å². The third-order valence-corrected chi connectivity index (χ3v) is 6.27. The molecule has 1 amide bonds. The number of likely N-dealkylation sites (tertiary alicyclic amines) is 1. The Kier molecular flexibility index (Phi) is 6.61. The minimum Gasteiger partial charge on any atom is -0.392 e. The number of alkyl halides is 2. The lowest BCUT2D eigenvalue weighted by Gasteiger charge is -2.14. The quantitative estimate of drug-likeness (QED) is 0.291. The smallest absolute Gasteiger partial charge is 0.279 e. The molecule has 35 heavy (non-hydrogen) atoms. The number of halogens is 2. The zero-order valence-corrected chi connectivity index (χ0v) is 19.2. The number of H-pyrrole nitrogens is 1. The number of hydrogen-bond donors (Lipinski definition) is 4. The van der Waals surface area contributed by atoms with Gasteiger partial charge in [-0.3, -0.25) is 19.2 Å². The average molecular weight is 501 g/mol. The van der Waals surface area contributed by atoms with Crippen LogP contribution in [0.5, 0.6) is 0 Å². The summed E-state index contributed by atoms with van der Waals surface area (Å²) in [6.45, 7) is 1.46. The first-order chi connectivity index (χ1) is 16.9. The summed E-state index contributed by atoms with van der Waals surface area (Å²) in [5.41, 5.74) is 1.01. The second-order valence-electron chi connectivity index (χ2n) is 8.05. The highest BCUT2D eigenvalue weighted by atomic mass is 32.2. The summed E-state index contributed by atoms with van der Waals surface area (Å²) < 4.78 is 27.4. The van der Waals surface area contributed by atoms with Crippen LogP contribution in [0.4, 0.5) is 26.2 Å². The number of aromatic nitrogens is 5. The Hall–Kier alpha value is -3.55. The maximum absolute atomic E-state index is 12.9. The van der Waals surface area contributed by atoms with Crippen molar-refractivity contribution in [2.75, 3.05) is 30.3 Å². The van der Waals surface area contributed by atoms with Gasteiger partial charge < -0.3 is 15.7 Å². The molecule has 1 fully saturated rings. The zero-order chi connectivity index (χ0) is 24.4. The van der Waals surface area contributed by atoms with Crippen molar-refractivity contribution < 1.29 is 18.7 Å². The normalized spacial score (nSPS) is 16.3. The third-order valence-electron chi connectivity index (χ3n) is 5.40. The van der Waals surface area contributed by atoms with Crippen LogP contribution in [-0.2, 0) is 4.79 Å². The van der Waals surface area contributed by atoms with Crippen LogP contribution < -0.4 is 10.6 Å². The van der Waals surface area contributed by atoms with E-state index < -0.39 is 6.43 Å². The van der Waals surface area contributed by atoms with Crippen LogP contribution in [0.2, 0.25) is 0 Å². The number of amides is 1. The van der Waals surface area contributed by atoms with E-state index in [0.29, 0.717) is 41.9 Å². The Morgan fingerprint density at radius 3 is 2.80 bits per heavy atom. The van der Waals surface area contributed by atoms with Crippen LogP contribution >= 0.6 is 11.8 Å². The molecule has 1 unspecified atom stereocenters. The highest BCUT2D eigenvalue weighted by molar-refractivity contribution is 7.99. The van der Waals surface area contributed by atoms with Crippen LogP contribution in [-0.4, -0.2) is 66.2 Å². The van der Waals surface area contributed by atoms with Gasteiger partial charge in [0, 0.05) is 35.9 Å². The van der Waals surface area contributed by atoms with Gasteiger partial charge in [0.2, 0.25) is 11.9 Å².